The molecule has 0 spiro atoms. The number of nitrogens with zero attached hydrogens (tertiary/aromatic N) is 2. The molecule has 0 aliphatic carbocycles. The minimum Gasteiger partial charge on any atom is -0.197 e. The van der Waals surface area contributed by atoms with E-state index in [-0.39, 0.29) is 5.92 Å². The number of nitriles is 2. The van der Waals surface area contributed by atoms with Crippen LogP contribution >= 0.6 is 0 Å². The van der Waals surface area contributed by atoms with Gasteiger partial charge in [0.05, 0.1) is 12.1 Å². The van der Waals surface area contributed by atoms with E-state index in [9.17, 15) is 0 Å². The van der Waals surface area contributed by atoms with Gasteiger partial charge in [0.2, 0.25) is 0 Å². The lowest BCUT2D eigenvalue weighted by Gasteiger charge is -2.18. The van der Waals surface area contributed by atoms with Gasteiger partial charge in [0.1, 0.15) is 5.92 Å². The maximum atomic E-state index is 8.60. The van der Waals surface area contributed by atoms with Gasteiger partial charge in [-0.3, -0.25) is 0 Å². The van der Waals surface area contributed by atoms with Crippen molar-refractivity contribution in [1.29, 1.82) is 10.5 Å². The maximum Gasteiger partial charge on any atom is 0.136 e. The molecule has 60 valence electrons. The molecule has 0 aromatic carbocycles. The quantitative estimate of drug-likeness (QED) is 0.619. The van der Waals surface area contributed by atoms with Crippen molar-refractivity contribution in [1.82, 2.24) is 0 Å². The third-order valence-corrected chi connectivity index (χ3v) is 2.03. The molecule has 0 aliphatic heterocycles. The molecule has 0 radical (unpaired) electrons. The van der Waals surface area contributed by atoms with Gasteiger partial charge in [0.15, 0.2) is 0 Å². The van der Waals surface area contributed by atoms with Gasteiger partial charge in [-0.25, -0.2) is 0 Å². The van der Waals surface area contributed by atoms with E-state index in [1.807, 2.05) is 19.1 Å². The van der Waals surface area contributed by atoms with Gasteiger partial charge in [0.25, 0.3) is 0 Å². The lowest BCUT2D eigenvalue weighted by atomic mass is 9.83. The SMILES string of the molecule is CCC(C(C)C)C(C#N)C#N. The van der Waals surface area contributed by atoms with Crippen LogP contribution in [-0.4, -0.2) is 0 Å². The molecule has 0 saturated heterocycles. The first-order valence-electron chi connectivity index (χ1n) is 3.96. The Kier molecular flexibility index (Phi) is 4.30. The predicted octanol–water partition coefficient (Wildman–Crippen LogP) is 2.33. The normalized spacial score (nSPS) is 12.6. The third kappa shape index (κ3) is 2.60. The molecule has 0 rings (SSSR count). The molecule has 1 atom stereocenters. The minimum absolute atomic E-state index is 0.227. The second-order valence-corrected chi connectivity index (χ2v) is 3.05. The van der Waals surface area contributed by atoms with Crippen LogP contribution in [0.25, 0.3) is 0 Å². The van der Waals surface area contributed by atoms with E-state index >= 15 is 0 Å². The maximum absolute atomic E-state index is 8.60. The van der Waals surface area contributed by atoms with Crippen LogP contribution in [0.2, 0.25) is 0 Å². The van der Waals surface area contributed by atoms with Crippen molar-refractivity contribution in [2.24, 2.45) is 17.8 Å². The summed E-state index contributed by atoms with van der Waals surface area (Å²) in [4.78, 5) is 0. The summed E-state index contributed by atoms with van der Waals surface area (Å²) >= 11 is 0. The molecule has 0 heterocycles. The summed E-state index contributed by atoms with van der Waals surface area (Å²) in [5.74, 6) is 0.217. The molecular weight excluding hydrogens is 136 g/mol. The molecule has 2 nitrogen and oxygen atoms in total. The zero-order valence-corrected chi connectivity index (χ0v) is 7.33. The van der Waals surface area contributed by atoms with Crippen molar-refractivity contribution in [2.75, 3.05) is 0 Å². The molecule has 0 aromatic rings. The highest BCUT2D eigenvalue weighted by molar-refractivity contribution is 5.02. The number of rotatable bonds is 3. The van der Waals surface area contributed by atoms with Crippen LogP contribution in [0.3, 0.4) is 0 Å². The Morgan fingerprint density at radius 2 is 1.64 bits per heavy atom. The van der Waals surface area contributed by atoms with Crippen LogP contribution in [0.5, 0.6) is 0 Å². The molecule has 11 heavy (non-hydrogen) atoms. The molecule has 0 aliphatic rings. The predicted molar refractivity (Wildman–Crippen MR) is 43.3 cm³/mol. The summed E-state index contributed by atoms with van der Waals surface area (Å²) in [6, 6.07) is 4.05. The second kappa shape index (κ2) is 4.74. The molecule has 0 amide bonds. The molecule has 0 bridgehead atoms. The van der Waals surface area contributed by atoms with Crippen LogP contribution in [0.4, 0.5) is 0 Å². The van der Waals surface area contributed by atoms with Crippen molar-refractivity contribution in [3.63, 3.8) is 0 Å². The Balaban J connectivity index is 4.27. The lowest BCUT2D eigenvalue weighted by molar-refractivity contribution is 0.334. The van der Waals surface area contributed by atoms with Gasteiger partial charge in [0, 0.05) is 0 Å². The zero-order valence-electron chi connectivity index (χ0n) is 7.33. The molecule has 0 saturated carbocycles. The van der Waals surface area contributed by atoms with E-state index in [1.165, 1.54) is 0 Å². The van der Waals surface area contributed by atoms with E-state index < -0.39 is 5.92 Å². The molecule has 2 heteroatoms. The van der Waals surface area contributed by atoms with Crippen LogP contribution in [0, 0.1) is 40.4 Å². The molecule has 0 N–H and O–H groups in total. The van der Waals surface area contributed by atoms with Crippen LogP contribution in [0.1, 0.15) is 27.2 Å². The average molecular weight is 150 g/mol. The van der Waals surface area contributed by atoms with Crippen LogP contribution < -0.4 is 0 Å². The van der Waals surface area contributed by atoms with Gasteiger partial charge in [-0.15, -0.1) is 0 Å². The number of hydrogen-bond donors (Lipinski definition) is 0. The Morgan fingerprint density at radius 3 is 1.73 bits per heavy atom. The topological polar surface area (TPSA) is 47.6 Å². The standard InChI is InChI=1S/C9H14N2/c1-4-9(7(2)3)8(5-10)6-11/h7-9H,4H2,1-3H3. The fourth-order valence-electron chi connectivity index (χ4n) is 1.31. The van der Waals surface area contributed by atoms with Gasteiger partial charge >= 0.3 is 0 Å². The largest absolute Gasteiger partial charge is 0.197 e. The average Bonchev–Trinajstić information content (AvgIpc) is 1.99. The highest BCUT2D eigenvalue weighted by Crippen LogP contribution is 2.23. The summed E-state index contributed by atoms with van der Waals surface area (Å²) in [6.07, 6.45) is 0.906. The minimum atomic E-state index is -0.431. The highest BCUT2D eigenvalue weighted by Gasteiger charge is 2.21. The summed E-state index contributed by atoms with van der Waals surface area (Å²) < 4.78 is 0. The van der Waals surface area contributed by atoms with Gasteiger partial charge in [-0.05, 0) is 11.8 Å². The molecule has 0 fully saturated rings. The van der Waals surface area contributed by atoms with Crippen LogP contribution in [-0.2, 0) is 0 Å². The van der Waals surface area contributed by atoms with Gasteiger partial charge < -0.3 is 0 Å². The van der Waals surface area contributed by atoms with Crippen molar-refractivity contribution in [2.45, 2.75) is 27.2 Å². The fourth-order valence-corrected chi connectivity index (χ4v) is 1.31. The monoisotopic (exact) mass is 150 g/mol. The summed E-state index contributed by atoms with van der Waals surface area (Å²) in [5.41, 5.74) is 0. The first-order chi connectivity index (χ1) is 5.17. The first kappa shape index (κ1) is 9.98. The number of hydrogen-bond acceptors (Lipinski definition) is 2. The molecule has 0 aromatic heterocycles. The summed E-state index contributed by atoms with van der Waals surface area (Å²) in [7, 11) is 0. The van der Waals surface area contributed by atoms with Gasteiger partial charge in [-0.1, -0.05) is 27.2 Å². The summed E-state index contributed by atoms with van der Waals surface area (Å²) in [6.45, 7) is 6.12. The van der Waals surface area contributed by atoms with Crippen LogP contribution in [0.15, 0.2) is 0 Å². The van der Waals surface area contributed by atoms with E-state index in [0.717, 1.165) is 6.42 Å². The van der Waals surface area contributed by atoms with Crippen molar-refractivity contribution in [3.8, 4) is 12.1 Å². The molecule has 1 unspecified atom stereocenters. The van der Waals surface area contributed by atoms with Crippen molar-refractivity contribution >= 4 is 0 Å². The van der Waals surface area contributed by atoms with E-state index in [4.69, 9.17) is 10.5 Å². The van der Waals surface area contributed by atoms with Gasteiger partial charge in [-0.2, -0.15) is 10.5 Å². The van der Waals surface area contributed by atoms with E-state index in [2.05, 4.69) is 13.8 Å². The Morgan fingerprint density at radius 1 is 1.18 bits per heavy atom. The Labute approximate surface area is 68.4 Å². The fraction of sp³-hybridized carbons (Fsp3) is 0.778. The smallest absolute Gasteiger partial charge is 0.136 e. The molecular formula is C9H14N2. The Hall–Kier alpha value is -1.02. The van der Waals surface area contributed by atoms with E-state index in [1.54, 1.807) is 0 Å². The van der Waals surface area contributed by atoms with Crippen molar-refractivity contribution < 1.29 is 0 Å². The summed E-state index contributed by atoms with van der Waals surface area (Å²) in [5, 5.41) is 17.2. The Bertz CT molecular complexity index is 169. The third-order valence-electron chi connectivity index (χ3n) is 2.03. The zero-order chi connectivity index (χ0) is 8.85. The second-order valence-electron chi connectivity index (χ2n) is 3.05. The van der Waals surface area contributed by atoms with E-state index in [0.29, 0.717) is 5.92 Å². The lowest BCUT2D eigenvalue weighted by Crippen LogP contribution is -2.16. The highest BCUT2D eigenvalue weighted by atomic mass is 14.4. The first-order valence-corrected chi connectivity index (χ1v) is 3.96. The van der Waals surface area contributed by atoms with Crippen molar-refractivity contribution in [3.05, 3.63) is 0 Å².